The van der Waals surface area contributed by atoms with E-state index in [4.69, 9.17) is 11.6 Å². The van der Waals surface area contributed by atoms with E-state index in [2.05, 4.69) is 46.5 Å². The Balaban J connectivity index is 1.51. The summed E-state index contributed by atoms with van der Waals surface area (Å²) in [6.45, 7) is 0. The summed E-state index contributed by atoms with van der Waals surface area (Å²) >= 11 is 6.13. The number of fused-ring (bicyclic) bond motifs is 3. The Hall–Kier alpha value is -2.76. The van der Waals surface area contributed by atoms with Gasteiger partial charge in [0.25, 0.3) is 10.0 Å². The molecular formula is C24H21ClN2O2S. The zero-order valence-corrected chi connectivity index (χ0v) is 17.7. The molecule has 6 heteroatoms. The van der Waals surface area contributed by atoms with Crippen LogP contribution in [0.4, 0.5) is 11.4 Å². The second-order valence-corrected chi connectivity index (χ2v) is 9.81. The van der Waals surface area contributed by atoms with Crippen LogP contribution in [0.25, 0.3) is 0 Å². The van der Waals surface area contributed by atoms with Crippen molar-refractivity contribution in [2.75, 3.05) is 10.0 Å². The van der Waals surface area contributed by atoms with Crippen molar-refractivity contribution in [3.8, 4) is 0 Å². The maximum Gasteiger partial charge on any atom is 0.261 e. The molecule has 1 heterocycles. The van der Waals surface area contributed by atoms with Crippen LogP contribution in [0.2, 0.25) is 5.02 Å². The number of anilines is 2. The lowest BCUT2D eigenvalue weighted by atomic mass is 9.77. The fraction of sp³-hybridized carbons (Fsp3) is 0.167. The molecule has 3 aromatic carbocycles. The molecule has 3 aromatic rings. The van der Waals surface area contributed by atoms with E-state index in [0.29, 0.717) is 16.6 Å². The van der Waals surface area contributed by atoms with Gasteiger partial charge in [0, 0.05) is 11.6 Å². The maximum atomic E-state index is 13.0. The van der Waals surface area contributed by atoms with Crippen molar-refractivity contribution in [1.29, 1.82) is 0 Å². The minimum Gasteiger partial charge on any atom is -0.378 e. The Morgan fingerprint density at radius 3 is 2.53 bits per heavy atom. The molecule has 2 N–H and O–H groups in total. The lowest BCUT2D eigenvalue weighted by Crippen LogP contribution is -2.29. The third kappa shape index (κ3) is 3.38. The molecule has 0 aromatic heterocycles. The number of hydrogen-bond acceptors (Lipinski definition) is 3. The van der Waals surface area contributed by atoms with E-state index in [1.165, 1.54) is 5.56 Å². The monoisotopic (exact) mass is 436 g/mol. The van der Waals surface area contributed by atoms with Crippen LogP contribution < -0.4 is 10.0 Å². The Kier molecular flexibility index (Phi) is 4.80. The van der Waals surface area contributed by atoms with Crippen LogP contribution in [-0.2, 0) is 10.0 Å². The van der Waals surface area contributed by atoms with Gasteiger partial charge in [0.15, 0.2) is 0 Å². The zero-order chi connectivity index (χ0) is 20.7. The third-order valence-corrected chi connectivity index (χ3v) is 7.61. The van der Waals surface area contributed by atoms with E-state index < -0.39 is 10.0 Å². The average Bonchev–Trinajstić information content (AvgIpc) is 3.25. The molecule has 1 aliphatic heterocycles. The second kappa shape index (κ2) is 7.49. The standard InChI is InChI=1S/C24H21ClN2O2S/c25-21-11-4-5-12-23(21)27-30(28,29)17-13-14-22-20(15-17)18-9-6-10-19(18)24(26-22)16-7-2-1-3-8-16/h1-9,11-15,18-19,24,26-27H,10H2/t18-,19+,24+/m0/s1. The van der Waals surface area contributed by atoms with Crippen molar-refractivity contribution >= 4 is 33.0 Å². The Bertz CT molecular complexity index is 1220. The summed E-state index contributed by atoms with van der Waals surface area (Å²) in [5.74, 6) is 0.538. The van der Waals surface area contributed by atoms with Gasteiger partial charge in [-0.2, -0.15) is 0 Å². The number of para-hydroxylation sites is 1. The van der Waals surface area contributed by atoms with Gasteiger partial charge in [0.2, 0.25) is 0 Å². The third-order valence-electron chi connectivity index (χ3n) is 5.92. The molecule has 0 saturated carbocycles. The second-order valence-electron chi connectivity index (χ2n) is 7.72. The molecule has 30 heavy (non-hydrogen) atoms. The minimum absolute atomic E-state index is 0.182. The number of halogens is 1. The Labute approximate surface area is 181 Å². The fourth-order valence-electron chi connectivity index (χ4n) is 4.48. The van der Waals surface area contributed by atoms with Crippen molar-refractivity contribution < 1.29 is 8.42 Å². The van der Waals surface area contributed by atoms with E-state index >= 15 is 0 Å². The molecule has 5 rings (SSSR count). The van der Waals surface area contributed by atoms with Gasteiger partial charge in [-0.1, -0.05) is 66.2 Å². The van der Waals surface area contributed by atoms with Gasteiger partial charge in [-0.15, -0.1) is 0 Å². The zero-order valence-electron chi connectivity index (χ0n) is 16.1. The van der Waals surface area contributed by atoms with Crippen molar-refractivity contribution in [2.24, 2.45) is 5.92 Å². The lowest BCUT2D eigenvalue weighted by Gasteiger charge is -2.37. The first kappa shape index (κ1) is 19.2. The molecule has 152 valence electrons. The SMILES string of the molecule is O=S(=O)(Nc1ccccc1Cl)c1ccc2c(c1)[C@H]1C=CC[C@H]1[C@@H](c1ccccc1)N2. The number of rotatable bonds is 4. The van der Waals surface area contributed by atoms with E-state index in [-0.39, 0.29) is 16.9 Å². The summed E-state index contributed by atoms with van der Waals surface area (Å²) in [7, 11) is -3.75. The van der Waals surface area contributed by atoms with Gasteiger partial charge < -0.3 is 5.32 Å². The smallest absolute Gasteiger partial charge is 0.261 e. The first-order valence-corrected chi connectivity index (χ1v) is 11.8. The van der Waals surface area contributed by atoms with Crippen molar-refractivity contribution in [3.05, 3.63) is 101 Å². The molecule has 0 unspecified atom stereocenters. The van der Waals surface area contributed by atoms with Gasteiger partial charge in [-0.25, -0.2) is 8.42 Å². The maximum absolute atomic E-state index is 13.0. The summed E-state index contributed by atoms with van der Waals surface area (Å²) in [6, 6.07) is 22.7. The number of allylic oxidation sites excluding steroid dienone is 2. The predicted octanol–water partition coefficient (Wildman–Crippen LogP) is 5.97. The minimum atomic E-state index is -3.75. The predicted molar refractivity (Wildman–Crippen MR) is 121 cm³/mol. The van der Waals surface area contributed by atoms with Gasteiger partial charge in [-0.3, -0.25) is 4.72 Å². The summed E-state index contributed by atoms with van der Waals surface area (Å²) < 4.78 is 28.6. The van der Waals surface area contributed by atoms with Crippen LogP contribution in [0.3, 0.4) is 0 Å². The highest BCUT2D eigenvalue weighted by atomic mass is 35.5. The summed E-state index contributed by atoms with van der Waals surface area (Å²) in [4.78, 5) is 0.236. The summed E-state index contributed by atoms with van der Waals surface area (Å²) in [6.07, 6.45) is 5.37. The van der Waals surface area contributed by atoms with E-state index in [1.807, 2.05) is 12.1 Å². The van der Waals surface area contributed by atoms with Crippen LogP contribution in [0.15, 0.2) is 89.8 Å². The normalized spacial score (nSPS) is 22.1. The van der Waals surface area contributed by atoms with Crippen molar-refractivity contribution in [3.63, 3.8) is 0 Å². The number of nitrogens with one attached hydrogen (secondary N) is 2. The molecule has 0 bridgehead atoms. The van der Waals surface area contributed by atoms with E-state index in [9.17, 15) is 8.42 Å². The van der Waals surface area contributed by atoms with Crippen molar-refractivity contribution in [2.45, 2.75) is 23.3 Å². The van der Waals surface area contributed by atoms with E-state index in [1.54, 1.807) is 36.4 Å². The molecule has 3 atom stereocenters. The molecular weight excluding hydrogens is 416 g/mol. The highest BCUT2D eigenvalue weighted by Gasteiger charge is 2.38. The Morgan fingerprint density at radius 1 is 0.967 bits per heavy atom. The molecule has 0 fully saturated rings. The average molecular weight is 437 g/mol. The van der Waals surface area contributed by atoms with Gasteiger partial charge in [0.05, 0.1) is 21.6 Å². The molecule has 0 saturated heterocycles. The topological polar surface area (TPSA) is 58.2 Å². The highest BCUT2D eigenvalue weighted by molar-refractivity contribution is 7.92. The summed E-state index contributed by atoms with van der Waals surface area (Å²) in [5, 5.41) is 4.01. The van der Waals surface area contributed by atoms with Crippen LogP contribution >= 0.6 is 11.6 Å². The van der Waals surface area contributed by atoms with Gasteiger partial charge in [0.1, 0.15) is 0 Å². The summed E-state index contributed by atoms with van der Waals surface area (Å²) in [5.41, 5.74) is 3.62. The van der Waals surface area contributed by atoms with Crippen LogP contribution in [0.5, 0.6) is 0 Å². The molecule has 4 nitrogen and oxygen atoms in total. The molecule has 0 radical (unpaired) electrons. The van der Waals surface area contributed by atoms with Crippen LogP contribution in [-0.4, -0.2) is 8.42 Å². The van der Waals surface area contributed by atoms with Gasteiger partial charge >= 0.3 is 0 Å². The number of hydrogen-bond donors (Lipinski definition) is 2. The lowest BCUT2D eigenvalue weighted by molar-refractivity contribution is 0.425. The van der Waals surface area contributed by atoms with Crippen LogP contribution in [0.1, 0.15) is 29.5 Å². The van der Waals surface area contributed by atoms with Crippen LogP contribution in [0, 0.1) is 5.92 Å². The first-order chi connectivity index (χ1) is 14.5. The number of sulfonamides is 1. The van der Waals surface area contributed by atoms with Gasteiger partial charge in [-0.05, 0) is 53.8 Å². The largest absolute Gasteiger partial charge is 0.378 e. The molecule has 0 spiro atoms. The first-order valence-electron chi connectivity index (χ1n) is 9.92. The molecule has 0 amide bonds. The fourth-order valence-corrected chi connectivity index (χ4v) is 5.83. The Morgan fingerprint density at radius 2 is 1.73 bits per heavy atom. The highest BCUT2D eigenvalue weighted by Crippen LogP contribution is 2.50. The molecule has 1 aliphatic carbocycles. The molecule has 2 aliphatic rings. The number of benzene rings is 3. The van der Waals surface area contributed by atoms with Crippen molar-refractivity contribution in [1.82, 2.24) is 0 Å². The quantitative estimate of drug-likeness (QED) is 0.495. The van der Waals surface area contributed by atoms with E-state index in [0.717, 1.165) is 17.7 Å².